The summed E-state index contributed by atoms with van der Waals surface area (Å²) in [7, 11) is 0. The van der Waals surface area contributed by atoms with E-state index >= 15 is 0 Å². The number of aromatic hydroxyl groups is 2. The number of phenols is 2. The van der Waals surface area contributed by atoms with Gasteiger partial charge in [-0.15, -0.1) is 0 Å². The molecule has 2 rings (SSSR count). The van der Waals surface area contributed by atoms with Crippen LogP contribution in [0.2, 0.25) is 0 Å². The van der Waals surface area contributed by atoms with E-state index in [0.29, 0.717) is 0 Å². The highest BCUT2D eigenvalue weighted by Crippen LogP contribution is 2.18. The van der Waals surface area contributed by atoms with Gasteiger partial charge in [0, 0.05) is 11.1 Å². The fourth-order valence-corrected chi connectivity index (χ4v) is 3.04. The van der Waals surface area contributed by atoms with Crippen LogP contribution in [0.25, 0.3) is 12.2 Å². The SMILES string of the molecule is CC(C=CC=C(C)C=Cc1ccccc1O)=CC=CC=C(C)C=CC=C(C)C=Cc1ccccc1O. The van der Waals surface area contributed by atoms with Gasteiger partial charge in [0.25, 0.3) is 0 Å². The Labute approximate surface area is 216 Å². The largest absolute Gasteiger partial charge is 0.507 e. The predicted molar refractivity (Wildman–Crippen MR) is 157 cm³/mol. The number of phenolic OH excluding ortho intramolecular Hbond substituents is 2. The van der Waals surface area contributed by atoms with Crippen LogP contribution in [-0.4, -0.2) is 10.2 Å². The van der Waals surface area contributed by atoms with Gasteiger partial charge < -0.3 is 10.2 Å². The maximum absolute atomic E-state index is 9.82. The van der Waals surface area contributed by atoms with Gasteiger partial charge in [-0.25, -0.2) is 0 Å². The molecule has 0 aliphatic rings. The third-order valence-electron chi connectivity index (χ3n) is 5.19. The molecule has 184 valence electrons. The van der Waals surface area contributed by atoms with Crippen molar-refractivity contribution in [2.45, 2.75) is 27.7 Å². The average Bonchev–Trinajstić information content (AvgIpc) is 2.85. The van der Waals surface area contributed by atoms with Crippen molar-refractivity contribution in [1.82, 2.24) is 0 Å². The second-order valence-electron chi connectivity index (χ2n) is 8.53. The summed E-state index contributed by atoms with van der Waals surface area (Å²) in [6.45, 7) is 8.19. The monoisotopic (exact) mass is 476 g/mol. The van der Waals surface area contributed by atoms with Crippen molar-refractivity contribution >= 4 is 12.2 Å². The van der Waals surface area contributed by atoms with Gasteiger partial charge in [0.1, 0.15) is 11.5 Å². The molecule has 2 nitrogen and oxygen atoms in total. The predicted octanol–water partition coefficient (Wildman–Crippen LogP) is 9.28. The van der Waals surface area contributed by atoms with Crippen LogP contribution >= 0.6 is 0 Å². The third-order valence-corrected chi connectivity index (χ3v) is 5.19. The second kappa shape index (κ2) is 15.6. The first-order valence-electron chi connectivity index (χ1n) is 12.0. The smallest absolute Gasteiger partial charge is 0.122 e. The fourth-order valence-electron chi connectivity index (χ4n) is 3.04. The van der Waals surface area contributed by atoms with Gasteiger partial charge in [-0.3, -0.25) is 0 Å². The maximum atomic E-state index is 9.82. The minimum atomic E-state index is 0.284. The van der Waals surface area contributed by atoms with Gasteiger partial charge >= 0.3 is 0 Å². The second-order valence-corrected chi connectivity index (χ2v) is 8.53. The van der Waals surface area contributed by atoms with E-state index in [1.54, 1.807) is 12.1 Å². The van der Waals surface area contributed by atoms with Crippen LogP contribution < -0.4 is 0 Å². The van der Waals surface area contributed by atoms with Crippen LogP contribution in [0.3, 0.4) is 0 Å². The lowest BCUT2D eigenvalue weighted by molar-refractivity contribution is 0.473. The van der Waals surface area contributed by atoms with Gasteiger partial charge in [-0.2, -0.15) is 0 Å². The molecule has 0 saturated heterocycles. The zero-order valence-electron chi connectivity index (χ0n) is 21.6. The van der Waals surface area contributed by atoms with E-state index in [1.807, 2.05) is 111 Å². The molecule has 0 amide bonds. The summed E-state index contributed by atoms with van der Waals surface area (Å²) < 4.78 is 0. The summed E-state index contributed by atoms with van der Waals surface area (Å²) in [6.07, 6.45) is 28.2. The number of rotatable bonds is 10. The lowest BCUT2D eigenvalue weighted by atomic mass is 10.1. The minimum Gasteiger partial charge on any atom is -0.507 e. The Morgan fingerprint density at radius 3 is 1.19 bits per heavy atom. The van der Waals surface area contributed by atoms with Crippen molar-refractivity contribution < 1.29 is 10.2 Å². The van der Waals surface area contributed by atoms with E-state index in [9.17, 15) is 10.2 Å². The van der Waals surface area contributed by atoms with Crippen LogP contribution in [0, 0.1) is 0 Å². The lowest BCUT2D eigenvalue weighted by Crippen LogP contribution is -1.74. The molecule has 36 heavy (non-hydrogen) atoms. The Kier molecular flexibility index (Phi) is 12.1. The van der Waals surface area contributed by atoms with Crippen LogP contribution in [0.15, 0.2) is 144 Å². The van der Waals surface area contributed by atoms with Crippen molar-refractivity contribution in [1.29, 1.82) is 0 Å². The highest BCUT2D eigenvalue weighted by Gasteiger charge is 1.94. The zero-order chi connectivity index (χ0) is 26.2. The number of para-hydroxylation sites is 2. The van der Waals surface area contributed by atoms with Crippen molar-refractivity contribution in [3.63, 3.8) is 0 Å². The Morgan fingerprint density at radius 2 is 0.806 bits per heavy atom. The molecule has 2 aromatic rings. The molecular weight excluding hydrogens is 440 g/mol. The first-order chi connectivity index (χ1) is 17.3. The molecular formula is C34H36O2. The molecule has 0 radical (unpaired) electrons. The molecule has 0 saturated carbocycles. The van der Waals surface area contributed by atoms with E-state index in [2.05, 4.69) is 38.2 Å². The van der Waals surface area contributed by atoms with Crippen LogP contribution in [0.4, 0.5) is 0 Å². The maximum Gasteiger partial charge on any atom is 0.122 e. The standard InChI is InChI=1S/C34H36O2/c1-27(15-11-17-29(3)23-25-31-19-7-9-21-33(31)35)13-5-6-14-28(2)16-12-18-30(4)24-26-32-20-8-10-22-34(32)36/h5-26,35-36H,1-4H3. The van der Waals surface area contributed by atoms with Crippen molar-refractivity contribution in [3.05, 3.63) is 155 Å². The molecule has 0 aliphatic carbocycles. The molecule has 0 aliphatic heterocycles. The molecule has 0 bridgehead atoms. The normalized spacial score (nSPS) is 14.4. The summed E-state index contributed by atoms with van der Waals surface area (Å²) >= 11 is 0. The summed E-state index contributed by atoms with van der Waals surface area (Å²) in [5, 5.41) is 19.6. The highest BCUT2D eigenvalue weighted by atomic mass is 16.3. The average molecular weight is 477 g/mol. The minimum absolute atomic E-state index is 0.284. The molecule has 0 spiro atoms. The summed E-state index contributed by atoms with van der Waals surface area (Å²) in [5.41, 5.74) is 6.11. The Bertz CT molecular complexity index is 1170. The third kappa shape index (κ3) is 11.2. The van der Waals surface area contributed by atoms with E-state index in [1.165, 1.54) is 0 Å². The number of hydrogen-bond acceptors (Lipinski definition) is 2. The van der Waals surface area contributed by atoms with Crippen molar-refractivity contribution in [2.24, 2.45) is 0 Å². The van der Waals surface area contributed by atoms with Crippen LogP contribution in [0.5, 0.6) is 11.5 Å². The number of benzene rings is 2. The first kappa shape index (κ1) is 27.9. The van der Waals surface area contributed by atoms with E-state index in [0.717, 1.165) is 33.4 Å². The molecule has 2 heteroatoms. The van der Waals surface area contributed by atoms with Crippen LogP contribution in [-0.2, 0) is 0 Å². The summed E-state index contributed by atoms with van der Waals surface area (Å²) in [6, 6.07) is 14.6. The molecule has 0 unspecified atom stereocenters. The number of allylic oxidation sites excluding steroid dienone is 16. The fraction of sp³-hybridized carbons (Fsp3) is 0.118. The molecule has 2 N–H and O–H groups in total. The molecule has 2 aromatic carbocycles. The van der Waals surface area contributed by atoms with Gasteiger partial charge in [0.05, 0.1) is 0 Å². The summed E-state index contributed by atoms with van der Waals surface area (Å²) in [5.74, 6) is 0.568. The summed E-state index contributed by atoms with van der Waals surface area (Å²) in [4.78, 5) is 0. The topological polar surface area (TPSA) is 40.5 Å². The van der Waals surface area contributed by atoms with E-state index in [4.69, 9.17) is 0 Å². The highest BCUT2D eigenvalue weighted by molar-refractivity contribution is 5.59. The lowest BCUT2D eigenvalue weighted by Gasteiger charge is -1.97. The molecule has 0 aromatic heterocycles. The zero-order valence-corrected chi connectivity index (χ0v) is 21.6. The van der Waals surface area contributed by atoms with Gasteiger partial charge in [0.15, 0.2) is 0 Å². The number of hydrogen-bond donors (Lipinski definition) is 2. The molecule has 0 fully saturated rings. The first-order valence-corrected chi connectivity index (χ1v) is 12.0. The Morgan fingerprint density at radius 1 is 0.472 bits per heavy atom. The van der Waals surface area contributed by atoms with E-state index < -0.39 is 0 Å². The Balaban J connectivity index is 1.84. The Hall–Kier alpha value is -4.30. The van der Waals surface area contributed by atoms with Crippen molar-refractivity contribution in [3.8, 4) is 11.5 Å². The molecule has 0 atom stereocenters. The van der Waals surface area contributed by atoms with E-state index in [-0.39, 0.29) is 11.5 Å². The van der Waals surface area contributed by atoms with Crippen molar-refractivity contribution in [2.75, 3.05) is 0 Å². The van der Waals surface area contributed by atoms with Gasteiger partial charge in [-0.1, -0.05) is 144 Å². The molecule has 0 heterocycles. The van der Waals surface area contributed by atoms with Gasteiger partial charge in [-0.05, 0) is 39.8 Å². The quantitative estimate of drug-likeness (QED) is 0.335. The van der Waals surface area contributed by atoms with Gasteiger partial charge in [0.2, 0.25) is 0 Å². The van der Waals surface area contributed by atoms with Crippen LogP contribution in [0.1, 0.15) is 38.8 Å².